The van der Waals surface area contributed by atoms with Gasteiger partial charge in [0.2, 0.25) is 5.82 Å². The second-order valence-electron chi connectivity index (χ2n) is 9.80. The van der Waals surface area contributed by atoms with Crippen molar-refractivity contribution in [3.63, 3.8) is 0 Å². The van der Waals surface area contributed by atoms with Gasteiger partial charge in [-0.2, -0.15) is 4.98 Å². The van der Waals surface area contributed by atoms with Gasteiger partial charge in [-0.25, -0.2) is 0 Å². The van der Waals surface area contributed by atoms with Crippen LogP contribution in [-0.4, -0.2) is 44.9 Å². The van der Waals surface area contributed by atoms with Crippen molar-refractivity contribution in [1.82, 2.24) is 15.5 Å². The standard InChI is InChI=1S/C27H31N3O5/c1-16(2)14-19-6-10-21(11-7-19)24-29-23(30-35-24)20-8-4-18(5-9-20)12-13-28-22-15-27(17(22)3,25(31)32)26(33)34/h4-11,16-17,22,28H,12-15H2,1-3H3,(H,31,32)(H,33,34). The third-order valence-electron chi connectivity index (χ3n) is 6.99. The molecule has 1 saturated carbocycles. The summed E-state index contributed by atoms with van der Waals surface area (Å²) in [6.07, 6.45) is 1.86. The first kappa shape index (κ1) is 24.6. The number of nitrogens with zero attached hydrogens (tertiary/aromatic N) is 2. The van der Waals surface area contributed by atoms with Crippen molar-refractivity contribution in [1.29, 1.82) is 0 Å². The van der Waals surface area contributed by atoms with E-state index in [4.69, 9.17) is 4.52 Å². The Morgan fingerprint density at radius 3 is 2.20 bits per heavy atom. The van der Waals surface area contributed by atoms with Crippen molar-refractivity contribution < 1.29 is 24.3 Å². The lowest BCUT2D eigenvalue weighted by Gasteiger charge is -2.48. The van der Waals surface area contributed by atoms with Gasteiger partial charge in [-0.15, -0.1) is 0 Å². The zero-order valence-corrected chi connectivity index (χ0v) is 20.2. The second-order valence-corrected chi connectivity index (χ2v) is 9.80. The number of benzene rings is 2. The van der Waals surface area contributed by atoms with Crippen molar-refractivity contribution in [2.75, 3.05) is 6.54 Å². The number of hydrogen-bond donors (Lipinski definition) is 3. The van der Waals surface area contributed by atoms with Crippen LogP contribution in [0.1, 0.15) is 38.3 Å². The fourth-order valence-electron chi connectivity index (χ4n) is 4.73. The lowest BCUT2D eigenvalue weighted by atomic mass is 9.57. The SMILES string of the molecule is CC(C)Cc1ccc(-c2nc(-c3ccc(CCNC4CC(C(=O)O)(C(=O)O)C4C)cc3)no2)cc1. The van der Waals surface area contributed by atoms with E-state index in [-0.39, 0.29) is 12.5 Å². The number of aromatic nitrogens is 2. The van der Waals surface area contributed by atoms with Crippen molar-refractivity contribution in [3.05, 3.63) is 59.7 Å². The third-order valence-corrected chi connectivity index (χ3v) is 6.99. The highest BCUT2D eigenvalue weighted by molar-refractivity contribution is 6.00. The van der Waals surface area contributed by atoms with E-state index in [9.17, 15) is 19.8 Å². The molecule has 2 unspecified atom stereocenters. The number of carboxylic acids is 2. The monoisotopic (exact) mass is 477 g/mol. The molecule has 0 radical (unpaired) electrons. The van der Waals surface area contributed by atoms with Gasteiger partial charge in [0.25, 0.3) is 5.89 Å². The molecule has 8 nitrogen and oxygen atoms in total. The molecule has 1 aliphatic carbocycles. The molecule has 0 spiro atoms. The van der Waals surface area contributed by atoms with Crippen molar-refractivity contribution in [2.45, 2.75) is 46.1 Å². The first-order valence-electron chi connectivity index (χ1n) is 11.9. The van der Waals surface area contributed by atoms with E-state index in [1.54, 1.807) is 6.92 Å². The first-order chi connectivity index (χ1) is 16.7. The fourth-order valence-corrected chi connectivity index (χ4v) is 4.73. The van der Waals surface area contributed by atoms with E-state index in [0.29, 0.717) is 24.2 Å². The molecule has 0 aliphatic heterocycles. The minimum atomic E-state index is -1.68. The van der Waals surface area contributed by atoms with E-state index >= 15 is 0 Å². The normalized spacial score (nSPS) is 18.9. The summed E-state index contributed by atoms with van der Waals surface area (Å²) < 4.78 is 5.47. The Hall–Kier alpha value is -3.52. The van der Waals surface area contributed by atoms with E-state index in [2.05, 4.69) is 41.4 Å². The van der Waals surface area contributed by atoms with Crippen LogP contribution < -0.4 is 5.32 Å². The molecule has 35 heavy (non-hydrogen) atoms. The van der Waals surface area contributed by atoms with Gasteiger partial charge in [-0.3, -0.25) is 9.59 Å². The average Bonchev–Trinajstić information content (AvgIpc) is 3.31. The number of rotatable bonds is 10. The smallest absolute Gasteiger partial charge is 0.321 e. The van der Waals surface area contributed by atoms with Gasteiger partial charge >= 0.3 is 11.9 Å². The van der Waals surface area contributed by atoms with Gasteiger partial charge in [0.05, 0.1) is 0 Å². The Morgan fingerprint density at radius 1 is 1.03 bits per heavy atom. The molecule has 0 saturated heterocycles. The molecule has 2 aromatic carbocycles. The summed E-state index contributed by atoms with van der Waals surface area (Å²) in [4.78, 5) is 27.4. The molecule has 0 bridgehead atoms. The topological polar surface area (TPSA) is 126 Å². The summed E-state index contributed by atoms with van der Waals surface area (Å²) in [5.41, 5.74) is 2.44. The highest BCUT2D eigenvalue weighted by Gasteiger charge is 2.62. The Bertz CT molecular complexity index is 1170. The molecule has 184 valence electrons. The average molecular weight is 478 g/mol. The van der Waals surface area contributed by atoms with Crippen LogP contribution in [0.4, 0.5) is 0 Å². The quantitative estimate of drug-likeness (QED) is 0.369. The molecule has 4 rings (SSSR count). The predicted molar refractivity (Wildman–Crippen MR) is 131 cm³/mol. The maximum Gasteiger partial charge on any atom is 0.321 e. The maximum absolute atomic E-state index is 11.4. The molecule has 1 aliphatic rings. The third kappa shape index (κ3) is 4.98. The van der Waals surface area contributed by atoms with Crippen molar-refractivity contribution in [2.24, 2.45) is 17.3 Å². The molecule has 1 heterocycles. The van der Waals surface area contributed by atoms with E-state index in [1.807, 2.05) is 36.4 Å². The van der Waals surface area contributed by atoms with Gasteiger partial charge in [0.15, 0.2) is 5.41 Å². The number of carboxylic acid groups (broad SMARTS) is 2. The van der Waals surface area contributed by atoms with E-state index in [0.717, 1.165) is 29.5 Å². The van der Waals surface area contributed by atoms with Crippen LogP contribution in [0.3, 0.4) is 0 Å². The minimum Gasteiger partial charge on any atom is -0.480 e. The Kier molecular flexibility index (Phi) is 7.03. The van der Waals surface area contributed by atoms with E-state index in [1.165, 1.54) is 5.56 Å². The van der Waals surface area contributed by atoms with E-state index < -0.39 is 23.3 Å². The largest absolute Gasteiger partial charge is 0.480 e. The number of nitrogens with one attached hydrogen (secondary N) is 1. The molecular weight excluding hydrogens is 446 g/mol. The molecule has 2 atom stereocenters. The summed E-state index contributed by atoms with van der Waals surface area (Å²) >= 11 is 0. The zero-order chi connectivity index (χ0) is 25.2. The van der Waals surface area contributed by atoms with Gasteiger partial charge in [-0.1, -0.05) is 62.3 Å². The minimum absolute atomic E-state index is 0.0956. The van der Waals surface area contributed by atoms with Crippen LogP contribution in [0.5, 0.6) is 0 Å². The number of carbonyl (C=O) groups is 2. The lowest BCUT2D eigenvalue weighted by Crippen LogP contribution is -2.64. The Morgan fingerprint density at radius 2 is 1.63 bits per heavy atom. The van der Waals surface area contributed by atoms with Gasteiger partial charge in [0.1, 0.15) is 0 Å². The molecule has 0 amide bonds. The second kappa shape index (κ2) is 10.00. The summed E-state index contributed by atoms with van der Waals surface area (Å²) in [5, 5.41) is 26.1. The fraction of sp³-hybridized carbons (Fsp3) is 0.407. The molecule has 1 aromatic heterocycles. The van der Waals surface area contributed by atoms with Gasteiger partial charge < -0.3 is 20.1 Å². The summed E-state index contributed by atoms with van der Waals surface area (Å²) in [6.45, 7) is 6.70. The molecule has 1 fully saturated rings. The highest BCUT2D eigenvalue weighted by atomic mass is 16.5. The van der Waals surface area contributed by atoms with Crippen LogP contribution in [0, 0.1) is 17.3 Å². The van der Waals surface area contributed by atoms with Crippen LogP contribution in [0.25, 0.3) is 22.8 Å². The molecule has 3 N–H and O–H groups in total. The summed E-state index contributed by atoms with van der Waals surface area (Å²) in [5.74, 6) is -1.39. The maximum atomic E-state index is 11.4. The van der Waals surface area contributed by atoms with Gasteiger partial charge in [0, 0.05) is 17.2 Å². The van der Waals surface area contributed by atoms with Crippen LogP contribution in [0.2, 0.25) is 0 Å². The predicted octanol–water partition coefficient (Wildman–Crippen LogP) is 4.30. The lowest BCUT2D eigenvalue weighted by molar-refractivity contribution is -0.181. The number of hydrogen-bond acceptors (Lipinski definition) is 6. The van der Waals surface area contributed by atoms with Crippen molar-refractivity contribution >= 4 is 11.9 Å². The Balaban J connectivity index is 1.31. The molecule has 8 heteroatoms. The van der Waals surface area contributed by atoms with Crippen LogP contribution in [-0.2, 0) is 22.4 Å². The summed E-state index contributed by atoms with van der Waals surface area (Å²) in [6, 6.07) is 16.0. The first-order valence-corrected chi connectivity index (χ1v) is 11.9. The number of aliphatic carboxylic acids is 2. The summed E-state index contributed by atoms with van der Waals surface area (Å²) in [7, 11) is 0. The zero-order valence-electron chi connectivity index (χ0n) is 20.2. The molecular formula is C27H31N3O5. The Labute approximate surface area is 204 Å². The van der Waals surface area contributed by atoms with Crippen LogP contribution in [0.15, 0.2) is 53.1 Å². The van der Waals surface area contributed by atoms with Gasteiger partial charge in [-0.05, 0) is 60.9 Å². The van der Waals surface area contributed by atoms with Crippen LogP contribution >= 0.6 is 0 Å². The highest BCUT2D eigenvalue weighted by Crippen LogP contribution is 2.47. The molecule has 3 aromatic rings. The van der Waals surface area contributed by atoms with Crippen molar-refractivity contribution in [3.8, 4) is 22.8 Å².